The summed E-state index contributed by atoms with van der Waals surface area (Å²) in [5.74, 6) is -0.529. The SMILES string of the molecule is CCCCC/C=C\C/C=C\C/C=C\CCCCCCCCCCCCC(=O)OCC(O)COP(=O)(O)OCCNC(=O)CCCCCCCC. The average molecular weight is 728 g/mol. The number of aliphatic hydroxyl groups excluding tert-OH is 1. The van der Waals surface area contributed by atoms with Crippen LogP contribution in [0, 0.1) is 0 Å². The summed E-state index contributed by atoms with van der Waals surface area (Å²) in [7, 11) is -4.40. The van der Waals surface area contributed by atoms with Crippen molar-refractivity contribution < 1.29 is 37.9 Å². The second-order valence-electron chi connectivity index (χ2n) is 13.3. The van der Waals surface area contributed by atoms with Crippen LogP contribution in [0.25, 0.3) is 0 Å². The van der Waals surface area contributed by atoms with E-state index in [2.05, 4.69) is 55.6 Å². The highest BCUT2D eigenvalue weighted by Crippen LogP contribution is 2.42. The molecular weight excluding hydrogens is 653 g/mol. The lowest BCUT2D eigenvalue weighted by molar-refractivity contribution is -0.147. The molecule has 0 aromatic rings. The number of phosphoric acid groups is 1. The Kier molecular flexibility index (Phi) is 35.7. The smallest absolute Gasteiger partial charge is 0.463 e. The van der Waals surface area contributed by atoms with Crippen LogP contribution in [0.3, 0.4) is 0 Å². The molecule has 3 N–H and O–H groups in total. The Balaban J connectivity index is 3.57. The Morgan fingerprint density at radius 1 is 0.620 bits per heavy atom. The molecule has 1 amide bonds. The maximum Gasteiger partial charge on any atom is 0.472 e. The van der Waals surface area contributed by atoms with E-state index in [0.717, 1.165) is 51.4 Å². The van der Waals surface area contributed by atoms with Crippen LogP contribution in [0.4, 0.5) is 0 Å². The molecule has 0 radical (unpaired) electrons. The second kappa shape index (κ2) is 37.0. The summed E-state index contributed by atoms with van der Waals surface area (Å²) in [4.78, 5) is 33.6. The fraction of sp³-hybridized carbons (Fsp3) is 0.800. The normalized spacial score (nSPS) is 13.8. The second-order valence-corrected chi connectivity index (χ2v) is 14.7. The van der Waals surface area contributed by atoms with Crippen LogP contribution in [0.2, 0.25) is 0 Å². The third-order valence-corrected chi connectivity index (χ3v) is 9.31. The molecule has 0 aliphatic carbocycles. The molecule has 292 valence electrons. The van der Waals surface area contributed by atoms with Crippen LogP contribution in [0.15, 0.2) is 36.5 Å². The monoisotopic (exact) mass is 728 g/mol. The molecule has 0 heterocycles. The van der Waals surface area contributed by atoms with Crippen molar-refractivity contribution in [3.8, 4) is 0 Å². The topological polar surface area (TPSA) is 131 Å². The van der Waals surface area contributed by atoms with E-state index < -0.39 is 26.5 Å². The number of carbonyl (C=O) groups is 2. The maximum absolute atomic E-state index is 12.0. The first-order chi connectivity index (χ1) is 24.3. The van der Waals surface area contributed by atoms with Gasteiger partial charge < -0.3 is 20.1 Å². The molecular formula is C40H74NO8P. The van der Waals surface area contributed by atoms with Crippen molar-refractivity contribution in [3.63, 3.8) is 0 Å². The summed E-state index contributed by atoms with van der Waals surface area (Å²) in [6.45, 7) is 3.45. The Morgan fingerprint density at radius 2 is 1.08 bits per heavy atom. The first kappa shape index (κ1) is 48.2. The van der Waals surface area contributed by atoms with Gasteiger partial charge in [-0.05, 0) is 51.4 Å². The molecule has 10 heteroatoms. The Labute approximate surface area is 305 Å². The van der Waals surface area contributed by atoms with Crippen molar-refractivity contribution in [1.29, 1.82) is 0 Å². The van der Waals surface area contributed by atoms with Crippen molar-refractivity contribution in [2.45, 2.75) is 180 Å². The fourth-order valence-corrected chi connectivity index (χ4v) is 6.03. The fourth-order valence-electron chi connectivity index (χ4n) is 5.27. The molecule has 9 nitrogen and oxygen atoms in total. The van der Waals surface area contributed by atoms with E-state index in [0.29, 0.717) is 6.42 Å². The number of amides is 1. The van der Waals surface area contributed by atoms with Gasteiger partial charge in [0.15, 0.2) is 0 Å². The number of ether oxygens (including phenoxy) is 1. The van der Waals surface area contributed by atoms with Crippen molar-refractivity contribution in [1.82, 2.24) is 5.32 Å². The third-order valence-electron chi connectivity index (χ3n) is 8.32. The van der Waals surface area contributed by atoms with Gasteiger partial charge in [0, 0.05) is 19.4 Å². The zero-order valence-corrected chi connectivity index (χ0v) is 32.7. The van der Waals surface area contributed by atoms with Crippen LogP contribution >= 0.6 is 7.82 Å². The number of unbranched alkanes of at least 4 members (excludes halogenated alkanes) is 18. The molecule has 0 fully saturated rings. The number of phosphoric ester groups is 1. The van der Waals surface area contributed by atoms with Gasteiger partial charge in [-0.25, -0.2) is 4.57 Å². The molecule has 50 heavy (non-hydrogen) atoms. The van der Waals surface area contributed by atoms with Gasteiger partial charge in [0.05, 0.1) is 13.2 Å². The van der Waals surface area contributed by atoms with Crippen LogP contribution in [0.1, 0.15) is 174 Å². The van der Waals surface area contributed by atoms with Crippen LogP contribution in [0.5, 0.6) is 0 Å². The van der Waals surface area contributed by atoms with E-state index in [9.17, 15) is 24.2 Å². The lowest BCUT2D eigenvalue weighted by Gasteiger charge is -2.15. The minimum Gasteiger partial charge on any atom is -0.463 e. The molecule has 0 bridgehead atoms. The first-order valence-electron chi connectivity index (χ1n) is 20.0. The maximum atomic E-state index is 12.0. The number of esters is 1. The minimum absolute atomic E-state index is 0.0813. The number of carbonyl (C=O) groups excluding carboxylic acids is 2. The number of allylic oxidation sites excluding steroid dienone is 6. The Bertz CT molecular complexity index is 923. The largest absolute Gasteiger partial charge is 0.472 e. The molecule has 0 spiro atoms. The summed E-state index contributed by atoms with van der Waals surface area (Å²) in [6.07, 6.45) is 39.6. The summed E-state index contributed by atoms with van der Waals surface area (Å²) in [6, 6.07) is 0. The van der Waals surface area contributed by atoms with Crippen molar-refractivity contribution in [2.75, 3.05) is 26.4 Å². The molecule has 2 atom stereocenters. The van der Waals surface area contributed by atoms with Crippen LogP contribution < -0.4 is 5.32 Å². The highest BCUT2D eigenvalue weighted by atomic mass is 31.2. The van der Waals surface area contributed by atoms with Crippen molar-refractivity contribution >= 4 is 19.7 Å². The van der Waals surface area contributed by atoms with Gasteiger partial charge in [-0.1, -0.05) is 147 Å². The highest BCUT2D eigenvalue weighted by molar-refractivity contribution is 7.47. The van der Waals surface area contributed by atoms with E-state index in [1.54, 1.807) is 0 Å². The molecule has 0 saturated heterocycles. The Morgan fingerprint density at radius 3 is 1.66 bits per heavy atom. The number of hydrogen-bond acceptors (Lipinski definition) is 7. The van der Waals surface area contributed by atoms with E-state index in [-0.39, 0.29) is 32.1 Å². The van der Waals surface area contributed by atoms with E-state index in [1.165, 1.54) is 96.3 Å². The molecule has 0 aromatic heterocycles. The first-order valence-corrected chi connectivity index (χ1v) is 21.5. The predicted molar refractivity (Wildman–Crippen MR) is 206 cm³/mol. The number of aliphatic hydroxyl groups is 1. The van der Waals surface area contributed by atoms with E-state index in [1.807, 2.05) is 0 Å². The van der Waals surface area contributed by atoms with Gasteiger partial charge in [0.2, 0.25) is 5.91 Å². The van der Waals surface area contributed by atoms with Gasteiger partial charge in [-0.15, -0.1) is 0 Å². The summed E-state index contributed by atoms with van der Waals surface area (Å²) in [5.41, 5.74) is 0. The van der Waals surface area contributed by atoms with Gasteiger partial charge in [-0.3, -0.25) is 18.6 Å². The molecule has 0 saturated carbocycles. The molecule has 0 rings (SSSR count). The van der Waals surface area contributed by atoms with Gasteiger partial charge >= 0.3 is 13.8 Å². The summed E-state index contributed by atoms with van der Waals surface area (Å²) in [5, 5.41) is 12.6. The van der Waals surface area contributed by atoms with Crippen molar-refractivity contribution in [3.05, 3.63) is 36.5 Å². The standard InChI is InChI=1S/C40H74NO8P/c1-3-5-7-9-11-12-13-14-15-16-17-18-19-20-21-22-23-24-25-26-27-29-31-33-40(44)47-36-38(42)37-49-50(45,46)48-35-34-41-39(43)32-30-28-10-8-6-4-2/h11-12,14-15,17-18,38,42H,3-10,13,16,19-37H2,1-2H3,(H,41,43)(H,45,46)/b12-11-,15-14-,18-17-. The third kappa shape index (κ3) is 37.5. The Hall–Kier alpha value is -1.77. The predicted octanol–water partition coefficient (Wildman–Crippen LogP) is 10.6. The summed E-state index contributed by atoms with van der Waals surface area (Å²) < 4.78 is 26.7. The quantitative estimate of drug-likeness (QED) is 0.0249. The molecule has 0 aliphatic rings. The lowest BCUT2D eigenvalue weighted by atomic mass is 10.1. The van der Waals surface area contributed by atoms with E-state index >= 15 is 0 Å². The molecule has 2 unspecified atom stereocenters. The van der Waals surface area contributed by atoms with Crippen LogP contribution in [-0.2, 0) is 27.9 Å². The summed E-state index contributed by atoms with van der Waals surface area (Å²) >= 11 is 0. The number of rotatable bonds is 37. The van der Waals surface area contributed by atoms with Crippen molar-refractivity contribution in [2.24, 2.45) is 0 Å². The minimum atomic E-state index is -4.40. The average Bonchev–Trinajstić information content (AvgIpc) is 3.10. The van der Waals surface area contributed by atoms with E-state index in [4.69, 9.17) is 13.8 Å². The van der Waals surface area contributed by atoms with Gasteiger partial charge in [-0.2, -0.15) is 0 Å². The van der Waals surface area contributed by atoms with Gasteiger partial charge in [0.1, 0.15) is 12.7 Å². The van der Waals surface area contributed by atoms with Crippen LogP contribution in [-0.4, -0.2) is 54.3 Å². The number of hydrogen-bond donors (Lipinski definition) is 3. The lowest BCUT2D eigenvalue weighted by Crippen LogP contribution is -2.27. The molecule has 0 aliphatic heterocycles. The van der Waals surface area contributed by atoms with Gasteiger partial charge in [0.25, 0.3) is 0 Å². The highest BCUT2D eigenvalue weighted by Gasteiger charge is 2.23. The number of nitrogens with one attached hydrogen (secondary N) is 1. The molecule has 0 aromatic carbocycles. The zero-order valence-electron chi connectivity index (χ0n) is 31.8. The zero-order chi connectivity index (χ0) is 36.8.